The van der Waals surface area contributed by atoms with Gasteiger partial charge in [0.05, 0.1) is 19.1 Å². The Bertz CT molecular complexity index is 145. The molecule has 0 aliphatic carbocycles. The summed E-state index contributed by atoms with van der Waals surface area (Å²) in [6, 6.07) is 0. The van der Waals surface area contributed by atoms with Gasteiger partial charge in [-0.25, -0.2) is 0 Å². The minimum atomic E-state index is -0.164. The molecule has 0 fully saturated rings. The largest absolute Gasteiger partial charge is 0.469 e. The van der Waals surface area contributed by atoms with Crippen molar-refractivity contribution in [3.05, 3.63) is 0 Å². The van der Waals surface area contributed by atoms with Crippen LogP contribution in [0.1, 0.15) is 33.6 Å². The topological polar surface area (TPSA) is 35.5 Å². The molecule has 0 rings (SSSR count). The van der Waals surface area contributed by atoms with Gasteiger partial charge in [-0.15, -0.1) is 0 Å². The van der Waals surface area contributed by atoms with Gasteiger partial charge in [-0.2, -0.15) is 0 Å². The highest BCUT2D eigenvalue weighted by Gasteiger charge is 2.26. The maximum atomic E-state index is 11.3. The van der Waals surface area contributed by atoms with E-state index in [4.69, 9.17) is 9.47 Å². The lowest BCUT2D eigenvalue weighted by Crippen LogP contribution is -2.30. The zero-order chi connectivity index (χ0) is 10.3. The maximum absolute atomic E-state index is 11.3. The van der Waals surface area contributed by atoms with Crippen LogP contribution in [0.15, 0.2) is 0 Å². The third-order valence-corrected chi connectivity index (χ3v) is 2.18. The van der Waals surface area contributed by atoms with Crippen LogP contribution in [0.25, 0.3) is 0 Å². The number of ether oxygens (including phenoxy) is 2. The smallest absolute Gasteiger partial charge is 0.311 e. The molecule has 2 unspecified atom stereocenters. The second-order valence-corrected chi connectivity index (χ2v) is 2.94. The van der Waals surface area contributed by atoms with Crippen LogP contribution in [-0.4, -0.2) is 25.8 Å². The Morgan fingerprint density at radius 3 is 2.15 bits per heavy atom. The van der Waals surface area contributed by atoms with Crippen LogP contribution in [0.5, 0.6) is 0 Å². The third kappa shape index (κ3) is 3.77. The number of carbonyl (C=O) groups excluding carboxylic acids is 1. The van der Waals surface area contributed by atoms with E-state index >= 15 is 0 Å². The number of rotatable bonds is 6. The maximum Gasteiger partial charge on any atom is 0.311 e. The average Bonchev–Trinajstić information content (AvgIpc) is 2.17. The Morgan fingerprint density at radius 2 is 1.85 bits per heavy atom. The highest BCUT2D eigenvalue weighted by atomic mass is 16.5. The fraction of sp³-hybridized carbons (Fsp3) is 0.900. The van der Waals surface area contributed by atoms with Gasteiger partial charge >= 0.3 is 5.97 Å². The second-order valence-electron chi connectivity index (χ2n) is 2.94. The molecule has 0 amide bonds. The first-order chi connectivity index (χ1) is 6.21. The van der Waals surface area contributed by atoms with E-state index < -0.39 is 0 Å². The van der Waals surface area contributed by atoms with Crippen molar-refractivity contribution in [3.63, 3.8) is 0 Å². The molecule has 2 atom stereocenters. The molecule has 0 aromatic heterocycles. The monoisotopic (exact) mass is 188 g/mol. The minimum Gasteiger partial charge on any atom is -0.469 e. The van der Waals surface area contributed by atoms with E-state index in [-0.39, 0.29) is 18.0 Å². The van der Waals surface area contributed by atoms with Gasteiger partial charge in [0.25, 0.3) is 0 Å². The lowest BCUT2D eigenvalue weighted by molar-refractivity contribution is -0.151. The van der Waals surface area contributed by atoms with Gasteiger partial charge in [-0.1, -0.05) is 13.8 Å². The lowest BCUT2D eigenvalue weighted by atomic mass is 9.97. The Kier molecular flexibility index (Phi) is 6.59. The molecule has 0 aliphatic rings. The molecule has 0 N–H and O–H groups in total. The van der Waals surface area contributed by atoms with Crippen LogP contribution in [0.4, 0.5) is 0 Å². The quantitative estimate of drug-likeness (QED) is 0.598. The molecular weight excluding hydrogens is 168 g/mol. The Hall–Kier alpha value is -0.570. The van der Waals surface area contributed by atoms with E-state index in [0.29, 0.717) is 6.61 Å². The van der Waals surface area contributed by atoms with Crippen molar-refractivity contribution in [2.45, 2.75) is 39.7 Å². The van der Waals surface area contributed by atoms with Crippen molar-refractivity contribution in [3.8, 4) is 0 Å². The van der Waals surface area contributed by atoms with Crippen LogP contribution >= 0.6 is 0 Å². The second kappa shape index (κ2) is 6.89. The van der Waals surface area contributed by atoms with Crippen LogP contribution < -0.4 is 0 Å². The summed E-state index contributed by atoms with van der Waals surface area (Å²) in [7, 11) is 1.42. The highest BCUT2D eigenvalue weighted by molar-refractivity contribution is 5.72. The number of methoxy groups -OCH3 is 1. The van der Waals surface area contributed by atoms with Crippen molar-refractivity contribution in [2.75, 3.05) is 13.7 Å². The van der Waals surface area contributed by atoms with Crippen LogP contribution in [0, 0.1) is 5.92 Å². The van der Waals surface area contributed by atoms with Gasteiger partial charge in [0.2, 0.25) is 0 Å². The molecule has 13 heavy (non-hydrogen) atoms. The molecular formula is C10H20O3. The third-order valence-electron chi connectivity index (χ3n) is 2.18. The summed E-state index contributed by atoms with van der Waals surface area (Å²) in [5.41, 5.74) is 0. The molecule has 3 nitrogen and oxygen atoms in total. The van der Waals surface area contributed by atoms with Crippen LogP contribution in [0.2, 0.25) is 0 Å². The minimum absolute atomic E-state index is 0.00227. The van der Waals surface area contributed by atoms with Crippen molar-refractivity contribution < 1.29 is 14.3 Å². The Balaban J connectivity index is 4.23. The molecule has 0 saturated carbocycles. The van der Waals surface area contributed by atoms with E-state index in [1.54, 1.807) is 0 Å². The number of hydrogen-bond acceptors (Lipinski definition) is 3. The van der Waals surface area contributed by atoms with Gasteiger partial charge in [-0.3, -0.25) is 4.79 Å². The predicted octanol–water partition coefficient (Wildman–Crippen LogP) is 2.00. The standard InChI is InChI=1S/C10H20O3/c1-5-8(10(11)12-4)9(6-2)13-7-3/h8-9H,5-7H2,1-4H3. The van der Waals surface area contributed by atoms with Crippen molar-refractivity contribution in [1.82, 2.24) is 0 Å². The van der Waals surface area contributed by atoms with Crippen molar-refractivity contribution in [2.24, 2.45) is 5.92 Å². The molecule has 0 bridgehead atoms. The molecule has 0 heterocycles. The SMILES string of the molecule is CCOC(CC)C(CC)C(=O)OC. The molecule has 78 valence electrons. The molecule has 0 aromatic carbocycles. The van der Waals surface area contributed by atoms with E-state index in [1.165, 1.54) is 7.11 Å². The van der Waals surface area contributed by atoms with E-state index in [1.807, 2.05) is 20.8 Å². The summed E-state index contributed by atoms with van der Waals surface area (Å²) >= 11 is 0. The summed E-state index contributed by atoms with van der Waals surface area (Å²) in [4.78, 5) is 11.3. The summed E-state index contributed by atoms with van der Waals surface area (Å²) in [6.07, 6.45) is 1.62. The van der Waals surface area contributed by atoms with E-state index in [9.17, 15) is 4.79 Å². The molecule has 0 aliphatic heterocycles. The van der Waals surface area contributed by atoms with Gasteiger partial charge in [0.15, 0.2) is 0 Å². The van der Waals surface area contributed by atoms with Crippen molar-refractivity contribution >= 4 is 5.97 Å². The molecule has 0 spiro atoms. The van der Waals surface area contributed by atoms with E-state index in [0.717, 1.165) is 12.8 Å². The van der Waals surface area contributed by atoms with Gasteiger partial charge < -0.3 is 9.47 Å². The van der Waals surface area contributed by atoms with Crippen molar-refractivity contribution in [1.29, 1.82) is 0 Å². The predicted molar refractivity (Wildman–Crippen MR) is 51.5 cm³/mol. The van der Waals surface area contributed by atoms with Gasteiger partial charge in [0, 0.05) is 6.61 Å². The summed E-state index contributed by atoms with van der Waals surface area (Å²) in [5.74, 6) is -0.280. The number of esters is 1. The Labute approximate surface area is 80.4 Å². The fourth-order valence-electron chi connectivity index (χ4n) is 1.47. The molecule has 0 aromatic rings. The zero-order valence-corrected chi connectivity index (χ0v) is 9.00. The first kappa shape index (κ1) is 12.4. The van der Waals surface area contributed by atoms with Gasteiger partial charge in [0.1, 0.15) is 0 Å². The first-order valence-corrected chi connectivity index (χ1v) is 4.90. The van der Waals surface area contributed by atoms with E-state index in [2.05, 4.69) is 0 Å². The zero-order valence-electron chi connectivity index (χ0n) is 9.00. The molecule has 3 heteroatoms. The summed E-state index contributed by atoms with van der Waals surface area (Å²) in [5, 5.41) is 0. The first-order valence-electron chi connectivity index (χ1n) is 4.90. The van der Waals surface area contributed by atoms with Crippen LogP contribution in [0.3, 0.4) is 0 Å². The Morgan fingerprint density at radius 1 is 1.23 bits per heavy atom. The molecule has 0 saturated heterocycles. The average molecular weight is 188 g/mol. The highest BCUT2D eigenvalue weighted by Crippen LogP contribution is 2.16. The molecule has 0 radical (unpaired) electrons. The number of hydrogen-bond donors (Lipinski definition) is 0. The summed E-state index contributed by atoms with van der Waals surface area (Å²) in [6.45, 7) is 6.58. The lowest BCUT2D eigenvalue weighted by Gasteiger charge is -2.22. The van der Waals surface area contributed by atoms with Gasteiger partial charge in [-0.05, 0) is 19.8 Å². The summed E-state index contributed by atoms with van der Waals surface area (Å²) < 4.78 is 10.2. The van der Waals surface area contributed by atoms with Crippen LogP contribution in [-0.2, 0) is 14.3 Å². The normalized spacial score (nSPS) is 15.1. The fourth-order valence-corrected chi connectivity index (χ4v) is 1.47. The number of carbonyl (C=O) groups is 1.